The molecule has 19 heavy (non-hydrogen) atoms. The lowest BCUT2D eigenvalue weighted by Crippen LogP contribution is -2.06. The molecular formula is C12H7BrClF3N2. The summed E-state index contributed by atoms with van der Waals surface area (Å²) in [6, 6.07) is 4.75. The van der Waals surface area contributed by atoms with E-state index in [2.05, 4.69) is 27.6 Å². The fraction of sp³-hybridized carbons (Fsp3) is 0.0833. The van der Waals surface area contributed by atoms with Gasteiger partial charge in [-0.2, -0.15) is 13.2 Å². The van der Waals surface area contributed by atoms with Crippen LogP contribution in [0.25, 0.3) is 5.69 Å². The lowest BCUT2D eigenvalue weighted by molar-refractivity contribution is -0.137. The number of alkyl halides is 3. The maximum Gasteiger partial charge on any atom is 0.416 e. The third-order valence-corrected chi connectivity index (χ3v) is 3.21. The van der Waals surface area contributed by atoms with Gasteiger partial charge >= 0.3 is 6.18 Å². The van der Waals surface area contributed by atoms with Gasteiger partial charge in [-0.1, -0.05) is 11.6 Å². The Morgan fingerprint density at radius 3 is 2.53 bits per heavy atom. The first kappa shape index (κ1) is 14.1. The van der Waals surface area contributed by atoms with E-state index in [0.29, 0.717) is 10.3 Å². The molecule has 7 heteroatoms. The number of hydrogen-bond donors (Lipinski definition) is 0. The summed E-state index contributed by atoms with van der Waals surface area (Å²) in [6.45, 7) is 3.37. The molecule has 0 fully saturated rings. The molecule has 2 aromatic rings. The van der Waals surface area contributed by atoms with E-state index < -0.39 is 11.7 Å². The van der Waals surface area contributed by atoms with E-state index in [-0.39, 0.29) is 10.7 Å². The predicted octanol–water partition coefficient (Wildman–Crippen LogP) is 5.24. The molecule has 0 radical (unpaired) electrons. The molecule has 0 aliphatic rings. The van der Waals surface area contributed by atoms with Crippen LogP contribution in [0.15, 0.2) is 39.9 Å². The van der Waals surface area contributed by atoms with Crippen LogP contribution in [0.5, 0.6) is 0 Å². The number of rotatable bonds is 2. The highest BCUT2D eigenvalue weighted by molar-refractivity contribution is 9.10. The van der Waals surface area contributed by atoms with E-state index in [9.17, 15) is 13.2 Å². The maximum atomic E-state index is 12.7. The molecule has 0 saturated carbocycles. The fourth-order valence-corrected chi connectivity index (χ4v) is 2.23. The number of hydrogen-bond acceptors (Lipinski definition) is 1. The first-order valence-electron chi connectivity index (χ1n) is 5.04. The monoisotopic (exact) mass is 350 g/mol. The molecule has 1 aromatic carbocycles. The second kappa shape index (κ2) is 5.02. The van der Waals surface area contributed by atoms with E-state index in [4.69, 9.17) is 11.6 Å². The molecule has 0 aliphatic heterocycles. The van der Waals surface area contributed by atoms with Gasteiger partial charge in [-0.15, -0.1) is 0 Å². The van der Waals surface area contributed by atoms with Crippen LogP contribution in [0, 0.1) is 0 Å². The van der Waals surface area contributed by atoms with E-state index in [1.165, 1.54) is 10.6 Å². The molecule has 2 nitrogen and oxygen atoms in total. The van der Waals surface area contributed by atoms with Gasteiger partial charge in [0.05, 0.1) is 16.3 Å². The first-order chi connectivity index (χ1) is 8.82. The number of nitrogens with zero attached hydrogens (tertiary/aromatic N) is 2. The maximum absolute atomic E-state index is 12.7. The third kappa shape index (κ3) is 2.84. The average molecular weight is 352 g/mol. The Balaban J connectivity index is 2.64. The van der Waals surface area contributed by atoms with Crippen molar-refractivity contribution in [3.05, 3.63) is 45.5 Å². The van der Waals surface area contributed by atoms with Crippen molar-refractivity contribution < 1.29 is 13.2 Å². The zero-order valence-electron chi connectivity index (χ0n) is 9.38. The van der Waals surface area contributed by atoms with Crippen molar-refractivity contribution in [2.75, 3.05) is 0 Å². The molecule has 0 amide bonds. The summed E-state index contributed by atoms with van der Waals surface area (Å²) in [5, 5.41) is 0.195. The summed E-state index contributed by atoms with van der Waals surface area (Å²) in [5.74, 6) is 0.396. The fourth-order valence-electron chi connectivity index (χ4n) is 1.61. The Hall–Kier alpha value is -1.27. The third-order valence-electron chi connectivity index (χ3n) is 2.46. The molecule has 0 atom stereocenters. The number of aromatic nitrogens is 1. The summed E-state index contributed by atoms with van der Waals surface area (Å²) in [7, 11) is 0. The van der Waals surface area contributed by atoms with Crippen molar-refractivity contribution in [3.8, 4) is 5.69 Å². The van der Waals surface area contributed by atoms with Crippen LogP contribution in [0.2, 0.25) is 5.02 Å². The Bertz CT molecular complexity index is 634. The van der Waals surface area contributed by atoms with Gasteiger partial charge in [0.2, 0.25) is 0 Å². The summed E-state index contributed by atoms with van der Waals surface area (Å²) in [6.07, 6.45) is -2.85. The average Bonchev–Trinajstić information content (AvgIpc) is 2.69. The van der Waals surface area contributed by atoms with Crippen LogP contribution in [0.3, 0.4) is 0 Å². The van der Waals surface area contributed by atoms with Crippen molar-refractivity contribution in [2.45, 2.75) is 6.18 Å². The normalized spacial score (nSPS) is 11.6. The van der Waals surface area contributed by atoms with Gasteiger partial charge in [0, 0.05) is 10.7 Å². The topological polar surface area (TPSA) is 17.3 Å². The predicted molar refractivity (Wildman–Crippen MR) is 72.7 cm³/mol. The standard InChI is InChI=1S/C12H7BrClF3N2/c1-18-11-5-8(13)6-19(11)10-4-7(12(15,16)17)2-3-9(10)14/h2-6H,1H2. The van der Waals surface area contributed by atoms with Crippen LogP contribution in [-0.4, -0.2) is 11.3 Å². The van der Waals surface area contributed by atoms with Gasteiger partial charge < -0.3 is 0 Å². The highest BCUT2D eigenvalue weighted by Gasteiger charge is 2.31. The van der Waals surface area contributed by atoms with E-state index in [0.717, 1.165) is 12.1 Å². The van der Waals surface area contributed by atoms with Gasteiger partial charge in [-0.3, -0.25) is 4.57 Å². The Labute approximate surface area is 120 Å². The minimum Gasteiger partial charge on any atom is -0.299 e. The molecule has 0 spiro atoms. The number of aliphatic imine (C=N–C) groups is 1. The smallest absolute Gasteiger partial charge is 0.299 e. The molecule has 1 heterocycles. The van der Waals surface area contributed by atoms with Crippen molar-refractivity contribution in [1.82, 2.24) is 4.57 Å². The molecule has 1 aromatic heterocycles. The second-order valence-electron chi connectivity index (χ2n) is 3.71. The number of benzene rings is 1. The summed E-state index contributed by atoms with van der Waals surface area (Å²) >= 11 is 9.18. The van der Waals surface area contributed by atoms with Crippen molar-refractivity contribution >= 4 is 40.1 Å². The first-order valence-corrected chi connectivity index (χ1v) is 6.22. The highest BCUT2D eigenvalue weighted by atomic mass is 79.9. The van der Waals surface area contributed by atoms with Crippen LogP contribution >= 0.6 is 27.5 Å². The SMILES string of the molecule is C=Nc1cc(Br)cn1-c1cc(C(F)(F)F)ccc1Cl. The van der Waals surface area contributed by atoms with E-state index in [1.807, 2.05) is 0 Å². The van der Waals surface area contributed by atoms with Crippen molar-refractivity contribution in [1.29, 1.82) is 0 Å². The molecule has 2 rings (SSSR count). The highest BCUT2D eigenvalue weighted by Crippen LogP contribution is 2.35. The van der Waals surface area contributed by atoms with Gasteiger partial charge in [0.25, 0.3) is 0 Å². The lowest BCUT2D eigenvalue weighted by Gasteiger charge is -2.12. The molecular weight excluding hydrogens is 344 g/mol. The summed E-state index contributed by atoms with van der Waals surface area (Å²) in [4.78, 5) is 3.74. The molecule has 0 unspecified atom stereocenters. The van der Waals surface area contributed by atoms with Crippen LogP contribution in [0.1, 0.15) is 5.56 Å². The Morgan fingerprint density at radius 1 is 1.26 bits per heavy atom. The van der Waals surface area contributed by atoms with Crippen LogP contribution < -0.4 is 0 Å². The van der Waals surface area contributed by atoms with E-state index in [1.54, 1.807) is 12.3 Å². The molecule has 0 N–H and O–H groups in total. The second-order valence-corrected chi connectivity index (χ2v) is 5.03. The van der Waals surface area contributed by atoms with Gasteiger partial charge in [0.15, 0.2) is 0 Å². The van der Waals surface area contributed by atoms with Gasteiger partial charge in [-0.05, 0) is 46.9 Å². The molecule has 0 aliphatic carbocycles. The van der Waals surface area contributed by atoms with Crippen LogP contribution in [0.4, 0.5) is 19.0 Å². The number of halogens is 5. The zero-order chi connectivity index (χ0) is 14.2. The molecule has 0 bridgehead atoms. The van der Waals surface area contributed by atoms with Gasteiger partial charge in [-0.25, -0.2) is 4.99 Å². The molecule has 100 valence electrons. The van der Waals surface area contributed by atoms with Crippen LogP contribution in [-0.2, 0) is 6.18 Å². The van der Waals surface area contributed by atoms with Crippen molar-refractivity contribution in [2.24, 2.45) is 4.99 Å². The minimum atomic E-state index is -4.43. The quantitative estimate of drug-likeness (QED) is 0.658. The lowest BCUT2D eigenvalue weighted by atomic mass is 10.2. The van der Waals surface area contributed by atoms with Gasteiger partial charge in [0.1, 0.15) is 5.82 Å². The zero-order valence-corrected chi connectivity index (χ0v) is 11.7. The Kier molecular flexibility index (Phi) is 3.73. The Morgan fingerprint density at radius 2 is 1.95 bits per heavy atom. The largest absolute Gasteiger partial charge is 0.416 e. The summed E-state index contributed by atoms with van der Waals surface area (Å²) < 4.78 is 40.2. The minimum absolute atomic E-state index is 0.195. The van der Waals surface area contributed by atoms with Crippen molar-refractivity contribution in [3.63, 3.8) is 0 Å². The molecule has 0 saturated heterocycles. The summed E-state index contributed by atoms with van der Waals surface area (Å²) in [5.41, 5.74) is -0.573. The van der Waals surface area contributed by atoms with E-state index >= 15 is 0 Å².